The molecule has 0 amide bonds. The molecule has 128 valence electrons. The second kappa shape index (κ2) is 5.71. The van der Waals surface area contributed by atoms with Crippen molar-refractivity contribution in [3.63, 3.8) is 0 Å². The Labute approximate surface area is 148 Å². The third-order valence-electron chi connectivity index (χ3n) is 4.45. The number of nitrogens with zero attached hydrogens (tertiary/aromatic N) is 2. The van der Waals surface area contributed by atoms with E-state index in [1.54, 1.807) is 11.3 Å². The highest BCUT2D eigenvalue weighted by Crippen LogP contribution is 2.34. The van der Waals surface area contributed by atoms with Gasteiger partial charge in [0.2, 0.25) is 0 Å². The van der Waals surface area contributed by atoms with Gasteiger partial charge in [0, 0.05) is 28.6 Å². The summed E-state index contributed by atoms with van der Waals surface area (Å²) in [5.74, 6) is 0. The van der Waals surface area contributed by atoms with E-state index in [1.807, 2.05) is 0 Å². The number of thiazole rings is 1. The predicted molar refractivity (Wildman–Crippen MR) is 104 cm³/mol. The molecule has 0 bridgehead atoms. The Kier molecular flexibility index (Phi) is 4.09. The molecule has 0 unspecified atom stereocenters. The Bertz CT molecular complexity index is 855. The lowest BCUT2D eigenvalue weighted by atomic mass is 9.86. The molecule has 0 fully saturated rings. The van der Waals surface area contributed by atoms with Crippen LogP contribution in [-0.4, -0.2) is 9.38 Å². The van der Waals surface area contributed by atoms with Crippen LogP contribution in [0.4, 0.5) is 0 Å². The van der Waals surface area contributed by atoms with E-state index in [-0.39, 0.29) is 10.8 Å². The number of hydrogen-bond acceptors (Lipinski definition) is 3. The van der Waals surface area contributed by atoms with Crippen molar-refractivity contribution in [2.75, 3.05) is 0 Å². The van der Waals surface area contributed by atoms with E-state index in [9.17, 15) is 0 Å². The van der Waals surface area contributed by atoms with Crippen LogP contribution in [0.3, 0.4) is 0 Å². The van der Waals surface area contributed by atoms with Gasteiger partial charge in [-0.05, 0) is 11.0 Å². The van der Waals surface area contributed by atoms with Gasteiger partial charge in [-0.15, -0.1) is 11.3 Å². The van der Waals surface area contributed by atoms with Crippen LogP contribution in [0.5, 0.6) is 0 Å². The van der Waals surface area contributed by atoms with Crippen molar-refractivity contribution in [3.8, 4) is 11.3 Å². The number of nitrogens with two attached hydrogens (primary N) is 1. The molecular weight excluding hydrogens is 314 g/mol. The molecule has 0 spiro atoms. The molecule has 0 aliphatic carbocycles. The zero-order valence-corrected chi connectivity index (χ0v) is 16.3. The lowest BCUT2D eigenvalue weighted by Crippen LogP contribution is -2.16. The lowest BCUT2D eigenvalue weighted by molar-refractivity contribution is 0.561. The van der Waals surface area contributed by atoms with Gasteiger partial charge in [0.15, 0.2) is 4.96 Å². The molecule has 3 nitrogen and oxygen atoms in total. The Morgan fingerprint density at radius 1 is 1.00 bits per heavy atom. The molecule has 3 aromatic rings. The van der Waals surface area contributed by atoms with E-state index in [0.29, 0.717) is 6.54 Å². The summed E-state index contributed by atoms with van der Waals surface area (Å²) in [7, 11) is 0. The van der Waals surface area contributed by atoms with Gasteiger partial charge in [-0.2, -0.15) is 0 Å². The summed E-state index contributed by atoms with van der Waals surface area (Å²) in [6, 6.07) is 8.74. The van der Waals surface area contributed by atoms with Crippen LogP contribution < -0.4 is 5.73 Å². The van der Waals surface area contributed by atoms with Crippen molar-refractivity contribution >= 4 is 16.3 Å². The molecule has 2 heterocycles. The standard InChI is InChI=1S/C20H27N3S/c1-19(2,3)14-9-7-13(8-10-14)17-15(11-21)23-16(20(4,5)6)12-24-18(23)22-17/h7-10,12H,11,21H2,1-6H3. The quantitative estimate of drug-likeness (QED) is 0.703. The van der Waals surface area contributed by atoms with E-state index in [0.717, 1.165) is 21.9 Å². The fraction of sp³-hybridized carbons (Fsp3) is 0.450. The van der Waals surface area contributed by atoms with Gasteiger partial charge in [-0.25, -0.2) is 4.98 Å². The molecule has 1 aromatic carbocycles. The number of fused-ring (bicyclic) bond motifs is 1. The molecule has 0 saturated carbocycles. The molecule has 0 aliphatic rings. The summed E-state index contributed by atoms with van der Waals surface area (Å²) in [5, 5.41) is 2.20. The zero-order valence-electron chi connectivity index (χ0n) is 15.5. The second-order valence-corrected chi connectivity index (χ2v) is 9.26. The van der Waals surface area contributed by atoms with Gasteiger partial charge in [0.1, 0.15) is 0 Å². The lowest BCUT2D eigenvalue weighted by Gasteiger charge is -2.19. The molecule has 0 radical (unpaired) electrons. The number of rotatable bonds is 2. The first-order chi connectivity index (χ1) is 11.1. The Morgan fingerprint density at radius 2 is 1.62 bits per heavy atom. The van der Waals surface area contributed by atoms with Crippen molar-refractivity contribution in [2.45, 2.75) is 58.9 Å². The Morgan fingerprint density at radius 3 is 2.12 bits per heavy atom. The molecule has 24 heavy (non-hydrogen) atoms. The normalized spacial score (nSPS) is 13.0. The molecular formula is C20H27N3S. The molecule has 0 atom stereocenters. The van der Waals surface area contributed by atoms with Gasteiger partial charge in [0.05, 0.1) is 11.4 Å². The maximum Gasteiger partial charge on any atom is 0.194 e. The minimum atomic E-state index is 0.0657. The number of imidazole rings is 1. The molecule has 2 aromatic heterocycles. The van der Waals surface area contributed by atoms with E-state index in [4.69, 9.17) is 10.7 Å². The van der Waals surface area contributed by atoms with Crippen molar-refractivity contribution in [2.24, 2.45) is 5.73 Å². The smallest absolute Gasteiger partial charge is 0.194 e. The molecule has 3 rings (SSSR count). The maximum absolute atomic E-state index is 6.11. The fourth-order valence-electron chi connectivity index (χ4n) is 2.98. The minimum Gasteiger partial charge on any atom is -0.325 e. The average molecular weight is 342 g/mol. The highest BCUT2D eigenvalue weighted by Gasteiger charge is 2.24. The molecule has 4 heteroatoms. The summed E-state index contributed by atoms with van der Waals surface area (Å²) >= 11 is 1.69. The molecule has 0 aliphatic heterocycles. The van der Waals surface area contributed by atoms with Crippen molar-refractivity contribution in [1.82, 2.24) is 9.38 Å². The van der Waals surface area contributed by atoms with E-state index >= 15 is 0 Å². The largest absolute Gasteiger partial charge is 0.325 e. The van der Waals surface area contributed by atoms with Crippen LogP contribution in [0.25, 0.3) is 16.2 Å². The van der Waals surface area contributed by atoms with Crippen LogP contribution in [0, 0.1) is 0 Å². The highest BCUT2D eigenvalue weighted by molar-refractivity contribution is 7.15. The van der Waals surface area contributed by atoms with Gasteiger partial charge in [0.25, 0.3) is 0 Å². The van der Waals surface area contributed by atoms with Crippen molar-refractivity contribution in [1.29, 1.82) is 0 Å². The van der Waals surface area contributed by atoms with Crippen molar-refractivity contribution in [3.05, 3.63) is 46.6 Å². The van der Waals surface area contributed by atoms with Crippen LogP contribution >= 0.6 is 11.3 Å². The fourth-order valence-corrected chi connectivity index (χ4v) is 4.11. The minimum absolute atomic E-state index is 0.0657. The zero-order chi connectivity index (χ0) is 17.7. The van der Waals surface area contributed by atoms with Gasteiger partial charge in [-0.1, -0.05) is 65.8 Å². The van der Waals surface area contributed by atoms with Crippen LogP contribution in [-0.2, 0) is 17.4 Å². The monoisotopic (exact) mass is 341 g/mol. The first kappa shape index (κ1) is 17.2. The van der Waals surface area contributed by atoms with Crippen LogP contribution in [0.1, 0.15) is 58.5 Å². The second-order valence-electron chi connectivity index (χ2n) is 8.43. The highest BCUT2D eigenvalue weighted by atomic mass is 32.1. The first-order valence-electron chi connectivity index (χ1n) is 8.43. The number of hydrogen-bond donors (Lipinski definition) is 1. The Hall–Kier alpha value is -1.65. The Balaban J connectivity index is 2.15. The SMILES string of the molecule is CC(C)(C)c1ccc(-c2nc3scc(C(C)(C)C)n3c2CN)cc1. The number of benzene rings is 1. The van der Waals surface area contributed by atoms with Crippen LogP contribution in [0.15, 0.2) is 29.6 Å². The van der Waals surface area contributed by atoms with E-state index < -0.39 is 0 Å². The van der Waals surface area contributed by atoms with Crippen molar-refractivity contribution < 1.29 is 0 Å². The number of aromatic nitrogens is 2. The van der Waals surface area contributed by atoms with E-state index in [1.165, 1.54) is 11.3 Å². The van der Waals surface area contributed by atoms with Gasteiger partial charge in [-0.3, -0.25) is 4.40 Å². The maximum atomic E-state index is 6.11. The summed E-state index contributed by atoms with van der Waals surface area (Å²) in [4.78, 5) is 5.90. The molecule has 0 saturated heterocycles. The first-order valence-corrected chi connectivity index (χ1v) is 9.31. The van der Waals surface area contributed by atoms with Gasteiger partial charge < -0.3 is 5.73 Å². The predicted octanol–water partition coefficient (Wildman–Crippen LogP) is 5.12. The molecule has 2 N–H and O–H groups in total. The summed E-state index contributed by atoms with van der Waals surface area (Å²) < 4.78 is 2.25. The summed E-state index contributed by atoms with van der Waals surface area (Å²) in [6.07, 6.45) is 0. The summed E-state index contributed by atoms with van der Waals surface area (Å²) in [5.41, 5.74) is 12.2. The third kappa shape index (κ3) is 2.89. The topological polar surface area (TPSA) is 43.3 Å². The third-order valence-corrected chi connectivity index (χ3v) is 5.27. The summed E-state index contributed by atoms with van der Waals surface area (Å²) in [6.45, 7) is 13.9. The van der Waals surface area contributed by atoms with E-state index in [2.05, 4.69) is 75.6 Å². The average Bonchev–Trinajstić information content (AvgIpc) is 3.03. The van der Waals surface area contributed by atoms with Gasteiger partial charge >= 0.3 is 0 Å². The van der Waals surface area contributed by atoms with Crippen LogP contribution in [0.2, 0.25) is 0 Å².